The lowest BCUT2D eigenvalue weighted by molar-refractivity contribution is -0.134. The smallest absolute Gasteiger partial charge is 0.251 e. The number of amides is 2. The summed E-state index contributed by atoms with van der Waals surface area (Å²) < 4.78 is 5.53. The molecular weight excluding hydrogens is 366 g/mol. The Labute approximate surface area is 173 Å². The van der Waals surface area contributed by atoms with Crippen LogP contribution in [-0.2, 0) is 11.2 Å². The van der Waals surface area contributed by atoms with Crippen molar-refractivity contribution in [2.24, 2.45) is 11.8 Å². The lowest BCUT2D eigenvalue weighted by Crippen LogP contribution is -2.33. The van der Waals surface area contributed by atoms with Crippen molar-refractivity contribution in [1.82, 2.24) is 15.1 Å². The van der Waals surface area contributed by atoms with E-state index in [-0.39, 0.29) is 11.8 Å². The third-order valence-electron chi connectivity index (χ3n) is 5.85. The number of likely N-dealkylation sites (tertiary alicyclic amines) is 1. The zero-order chi connectivity index (χ0) is 20.8. The molecule has 158 valence electrons. The monoisotopic (exact) mass is 399 g/mol. The SMILES string of the molecule is COc1ccc(C(=O)NCCN(C)C)cc1CC1CCN(C(=O)C2CC=CC2)C1. The summed E-state index contributed by atoms with van der Waals surface area (Å²) in [6.07, 6.45) is 7.77. The van der Waals surface area contributed by atoms with E-state index in [1.807, 2.05) is 42.1 Å². The summed E-state index contributed by atoms with van der Waals surface area (Å²) in [6, 6.07) is 5.62. The largest absolute Gasteiger partial charge is 0.496 e. The van der Waals surface area contributed by atoms with Crippen LogP contribution in [0.25, 0.3) is 0 Å². The topological polar surface area (TPSA) is 61.9 Å². The summed E-state index contributed by atoms with van der Waals surface area (Å²) >= 11 is 0. The fourth-order valence-corrected chi connectivity index (χ4v) is 4.16. The Balaban J connectivity index is 1.60. The number of carbonyl (C=O) groups excluding carboxylic acids is 2. The molecule has 6 heteroatoms. The molecule has 6 nitrogen and oxygen atoms in total. The van der Waals surface area contributed by atoms with E-state index >= 15 is 0 Å². The van der Waals surface area contributed by atoms with Gasteiger partial charge in [0.05, 0.1) is 7.11 Å². The molecule has 0 spiro atoms. The molecule has 2 amide bonds. The van der Waals surface area contributed by atoms with Crippen molar-refractivity contribution in [3.8, 4) is 5.75 Å². The Morgan fingerprint density at radius 1 is 1.24 bits per heavy atom. The molecule has 0 saturated carbocycles. The fraction of sp³-hybridized carbons (Fsp3) is 0.565. The number of nitrogens with one attached hydrogen (secondary N) is 1. The van der Waals surface area contributed by atoms with Crippen molar-refractivity contribution in [2.75, 3.05) is 47.4 Å². The van der Waals surface area contributed by atoms with E-state index in [0.29, 0.717) is 23.9 Å². The highest BCUT2D eigenvalue weighted by molar-refractivity contribution is 5.94. The standard InChI is InChI=1S/C23H33N3O3/c1-25(2)13-11-24-22(27)19-8-9-21(29-3)20(15-19)14-17-10-12-26(16-17)23(28)18-6-4-5-7-18/h4-5,8-9,15,17-18H,6-7,10-14,16H2,1-3H3,(H,24,27). The first kappa shape index (κ1) is 21.4. The number of methoxy groups -OCH3 is 1. The lowest BCUT2D eigenvalue weighted by Gasteiger charge is -2.21. The number of allylic oxidation sites excluding steroid dienone is 2. The molecule has 1 aliphatic heterocycles. The third-order valence-corrected chi connectivity index (χ3v) is 5.85. The Morgan fingerprint density at radius 3 is 2.69 bits per heavy atom. The molecule has 3 rings (SSSR count). The van der Waals surface area contributed by atoms with Crippen LogP contribution < -0.4 is 10.1 Å². The minimum absolute atomic E-state index is 0.0623. The van der Waals surface area contributed by atoms with Crippen molar-refractivity contribution in [3.63, 3.8) is 0 Å². The van der Waals surface area contributed by atoms with Gasteiger partial charge in [-0.3, -0.25) is 9.59 Å². The summed E-state index contributed by atoms with van der Waals surface area (Å²) in [6.45, 7) is 3.03. The van der Waals surface area contributed by atoms with Crippen LogP contribution in [0.2, 0.25) is 0 Å². The van der Waals surface area contributed by atoms with Crippen molar-refractivity contribution >= 4 is 11.8 Å². The van der Waals surface area contributed by atoms with E-state index in [1.165, 1.54) is 0 Å². The van der Waals surface area contributed by atoms with Crippen molar-refractivity contribution in [2.45, 2.75) is 25.7 Å². The molecule has 2 aliphatic rings. The van der Waals surface area contributed by atoms with Crippen molar-refractivity contribution in [3.05, 3.63) is 41.5 Å². The molecule has 0 radical (unpaired) electrons. The van der Waals surface area contributed by atoms with Gasteiger partial charge >= 0.3 is 0 Å². The number of likely N-dealkylation sites (N-methyl/N-ethyl adjacent to an activating group) is 1. The number of rotatable bonds is 8. The maximum absolute atomic E-state index is 12.7. The second kappa shape index (κ2) is 9.92. The molecule has 0 bridgehead atoms. The van der Waals surface area contributed by atoms with Gasteiger partial charge in [0, 0.05) is 37.7 Å². The van der Waals surface area contributed by atoms with Crippen molar-refractivity contribution < 1.29 is 14.3 Å². The van der Waals surface area contributed by atoms with E-state index in [0.717, 1.165) is 56.6 Å². The molecule has 1 N–H and O–H groups in total. The van der Waals surface area contributed by atoms with Gasteiger partial charge in [-0.05, 0) is 69.5 Å². The number of benzene rings is 1. The van der Waals surface area contributed by atoms with Crippen LogP contribution in [0.15, 0.2) is 30.4 Å². The van der Waals surface area contributed by atoms with Gasteiger partial charge < -0.3 is 19.9 Å². The summed E-state index contributed by atoms with van der Waals surface area (Å²) in [4.78, 5) is 29.2. The third kappa shape index (κ3) is 5.60. The average molecular weight is 400 g/mol. The molecule has 1 atom stereocenters. The molecule has 1 heterocycles. The Kier molecular flexibility index (Phi) is 7.31. The van der Waals surface area contributed by atoms with Gasteiger partial charge in [0.1, 0.15) is 5.75 Å². The fourth-order valence-electron chi connectivity index (χ4n) is 4.16. The van der Waals surface area contributed by atoms with Crippen LogP contribution in [0.1, 0.15) is 35.2 Å². The van der Waals surface area contributed by atoms with E-state index in [2.05, 4.69) is 17.5 Å². The van der Waals surface area contributed by atoms with Gasteiger partial charge in [-0.25, -0.2) is 0 Å². The maximum Gasteiger partial charge on any atom is 0.251 e. The first-order chi connectivity index (χ1) is 14.0. The van der Waals surface area contributed by atoms with Crippen molar-refractivity contribution in [1.29, 1.82) is 0 Å². The van der Waals surface area contributed by atoms with Gasteiger partial charge in [0.25, 0.3) is 5.91 Å². The molecular formula is C23H33N3O3. The van der Waals surface area contributed by atoms with Gasteiger partial charge in [-0.15, -0.1) is 0 Å². The summed E-state index contributed by atoms with van der Waals surface area (Å²) in [5, 5.41) is 2.96. The van der Waals surface area contributed by atoms with Crippen LogP contribution in [0.4, 0.5) is 0 Å². The molecule has 29 heavy (non-hydrogen) atoms. The van der Waals surface area contributed by atoms with Gasteiger partial charge in [-0.1, -0.05) is 12.2 Å². The van der Waals surface area contributed by atoms with E-state index in [1.54, 1.807) is 7.11 Å². The zero-order valence-electron chi connectivity index (χ0n) is 17.8. The predicted octanol–water partition coefficient (Wildman–Crippen LogP) is 2.34. The van der Waals surface area contributed by atoms with Crippen LogP contribution in [0, 0.1) is 11.8 Å². The molecule has 1 aliphatic carbocycles. The lowest BCUT2D eigenvalue weighted by atomic mass is 9.96. The van der Waals surface area contributed by atoms with Gasteiger partial charge in [0.2, 0.25) is 5.91 Å². The highest BCUT2D eigenvalue weighted by Gasteiger charge is 2.31. The number of carbonyl (C=O) groups is 2. The Hall–Kier alpha value is -2.34. The first-order valence-electron chi connectivity index (χ1n) is 10.5. The number of nitrogens with zero attached hydrogens (tertiary/aromatic N) is 2. The highest BCUT2D eigenvalue weighted by atomic mass is 16.5. The molecule has 1 fully saturated rings. The van der Waals surface area contributed by atoms with Gasteiger partial charge in [-0.2, -0.15) is 0 Å². The number of hydrogen-bond acceptors (Lipinski definition) is 4. The first-order valence-corrected chi connectivity index (χ1v) is 10.5. The van der Waals surface area contributed by atoms with E-state index < -0.39 is 0 Å². The molecule has 1 aromatic carbocycles. The molecule has 1 aromatic rings. The second-order valence-electron chi connectivity index (χ2n) is 8.37. The Bertz CT molecular complexity index is 752. The normalized spacial score (nSPS) is 19.2. The molecule has 1 unspecified atom stereocenters. The average Bonchev–Trinajstić information content (AvgIpc) is 3.39. The minimum Gasteiger partial charge on any atom is -0.496 e. The highest BCUT2D eigenvalue weighted by Crippen LogP contribution is 2.29. The zero-order valence-corrected chi connectivity index (χ0v) is 17.8. The summed E-state index contributed by atoms with van der Waals surface area (Å²) in [7, 11) is 5.63. The van der Waals surface area contributed by atoms with E-state index in [9.17, 15) is 9.59 Å². The Morgan fingerprint density at radius 2 is 2.00 bits per heavy atom. The molecule has 1 saturated heterocycles. The second-order valence-corrected chi connectivity index (χ2v) is 8.37. The summed E-state index contributed by atoms with van der Waals surface area (Å²) in [5.41, 5.74) is 1.69. The quantitative estimate of drug-likeness (QED) is 0.682. The predicted molar refractivity (Wildman–Crippen MR) is 114 cm³/mol. The van der Waals surface area contributed by atoms with Crippen LogP contribution >= 0.6 is 0 Å². The molecule has 0 aromatic heterocycles. The van der Waals surface area contributed by atoms with Crippen LogP contribution in [0.3, 0.4) is 0 Å². The number of hydrogen-bond donors (Lipinski definition) is 1. The number of ether oxygens (including phenoxy) is 1. The maximum atomic E-state index is 12.7. The van der Waals surface area contributed by atoms with Gasteiger partial charge in [0.15, 0.2) is 0 Å². The van der Waals surface area contributed by atoms with Crippen LogP contribution in [-0.4, -0.2) is 69.0 Å². The summed E-state index contributed by atoms with van der Waals surface area (Å²) in [5.74, 6) is 1.57. The van der Waals surface area contributed by atoms with Crippen LogP contribution in [0.5, 0.6) is 5.75 Å². The van der Waals surface area contributed by atoms with E-state index in [4.69, 9.17) is 4.74 Å². The minimum atomic E-state index is -0.0623.